The number of pyridine rings is 1. The van der Waals surface area contributed by atoms with Crippen molar-refractivity contribution in [2.24, 2.45) is 5.84 Å². The predicted molar refractivity (Wildman–Crippen MR) is 51.2 cm³/mol. The maximum Gasteiger partial charge on any atom is 0.141 e. The third kappa shape index (κ3) is 1.17. The number of hydrazine groups is 1. The molecule has 4 heteroatoms. The van der Waals surface area contributed by atoms with Crippen LogP contribution in [0, 0.1) is 0 Å². The van der Waals surface area contributed by atoms with Gasteiger partial charge in [-0.1, -0.05) is 0 Å². The van der Waals surface area contributed by atoms with E-state index in [1.54, 1.807) is 24.4 Å². The first-order valence-electron chi connectivity index (χ1n) is 3.86. The molecule has 4 N–H and O–H groups in total. The van der Waals surface area contributed by atoms with Gasteiger partial charge in [0.1, 0.15) is 11.3 Å². The minimum Gasteiger partial charge on any atom is -0.506 e. The van der Waals surface area contributed by atoms with Crippen molar-refractivity contribution in [2.75, 3.05) is 5.43 Å². The molecule has 2 aromatic rings. The number of phenolic OH excluding ortho intramolecular Hbond substituents is 1. The first-order valence-corrected chi connectivity index (χ1v) is 3.86. The molecule has 0 saturated carbocycles. The summed E-state index contributed by atoms with van der Waals surface area (Å²) in [6.45, 7) is 0. The van der Waals surface area contributed by atoms with Gasteiger partial charge >= 0.3 is 0 Å². The molecule has 0 fully saturated rings. The molecule has 0 radical (unpaired) electrons. The molecule has 0 bridgehead atoms. The van der Waals surface area contributed by atoms with Crippen molar-refractivity contribution in [3.05, 3.63) is 30.5 Å². The van der Waals surface area contributed by atoms with Crippen LogP contribution in [0.25, 0.3) is 10.9 Å². The van der Waals surface area contributed by atoms with Gasteiger partial charge in [-0.2, -0.15) is 0 Å². The first-order chi connectivity index (χ1) is 6.33. The molecule has 1 aromatic heterocycles. The fourth-order valence-corrected chi connectivity index (χ4v) is 1.28. The molecule has 0 saturated heterocycles. The molecule has 1 aromatic carbocycles. The monoisotopic (exact) mass is 175 g/mol. The van der Waals surface area contributed by atoms with Crippen molar-refractivity contribution in [1.82, 2.24) is 4.98 Å². The molecule has 1 heterocycles. The number of nitrogens with two attached hydrogens (primary N) is 1. The highest BCUT2D eigenvalue weighted by Gasteiger charge is 2.03. The zero-order valence-corrected chi connectivity index (χ0v) is 6.86. The average Bonchev–Trinajstić information content (AvgIpc) is 2.19. The predicted octanol–water partition coefficient (Wildman–Crippen LogP) is 1.23. The lowest BCUT2D eigenvalue weighted by molar-refractivity contribution is 0.480. The van der Waals surface area contributed by atoms with Crippen LogP contribution in [0.15, 0.2) is 30.5 Å². The highest BCUT2D eigenvalue weighted by molar-refractivity contribution is 5.94. The Bertz CT molecular complexity index is 442. The van der Waals surface area contributed by atoms with Gasteiger partial charge in [-0.15, -0.1) is 0 Å². The van der Waals surface area contributed by atoms with Crippen LogP contribution in [0.3, 0.4) is 0 Å². The summed E-state index contributed by atoms with van der Waals surface area (Å²) in [5, 5.41) is 10.3. The van der Waals surface area contributed by atoms with E-state index in [4.69, 9.17) is 5.84 Å². The minimum atomic E-state index is 0.162. The lowest BCUT2D eigenvalue weighted by Crippen LogP contribution is -2.06. The third-order valence-electron chi connectivity index (χ3n) is 1.90. The van der Waals surface area contributed by atoms with Crippen molar-refractivity contribution in [1.29, 1.82) is 0 Å². The second kappa shape index (κ2) is 2.91. The average molecular weight is 175 g/mol. The summed E-state index contributed by atoms with van der Waals surface area (Å²) in [6.07, 6.45) is 1.63. The maximum absolute atomic E-state index is 9.46. The van der Waals surface area contributed by atoms with Crippen LogP contribution in [0.5, 0.6) is 5.75 Å². The first kappa shape index (κ1) is 7.82. The Balaban J connectivity index is 2.84. The normalized spacial score (nSPS) is 10.2. The number of aromatic hydroxyl groups is 1. The number of fused-ring (bicyclic) bond motifs is 1. The highest BCUT2D eigenvalue weighted by atomic mass is 16.3. The van der Waals surface area contributed by atoms with E-state index in [1.807, 2.05) is 6.07 Å². The van der Waals surface area contributed by atoms with E-state index in [2.05, 4.69) is 10.4 Å². The SMILES string of the molecule is NNc1ccc(O)c2ncccc12. The van der Waals surface area contributed by atoms with Crippen LogP contribution < -0.4 is 11.3 Å². The standard InChI is InChI=1S/C9H9N3O/c10-12-7-3-4-8(13)9-6(7)2-1-5-11-9/h1-5,12-13H,10H2. The fraction of sp³-hybridized carbons (Fsp3) is 0. The summed E-state index contributed by atoms with van der Waals surface area (Å²) in [5.41, 5.74) is 3.85. The fourth-order valence-electron chi connectivity index (χ4n) is 1.28. The molecule has 4 nitrogen and oxygen atoms in total. The van der Waals surface area contributed by atoms with Gasteiger partial charge in [0.2, 0.25) is 0 Å². The Labute approximate surface area is 75.0 Å². The van der Waals surface area contributed by atoms with Crippen molar-refractivity contribution in [2.45, 2.75) is 0 Å². The van der Waals surface area contributed by atoms with Gasteiger partial charge in [0.15, 0.2) is 0 Å². The molecule has 0 unspecified atom stereocenters. The number of hydrogen-bond donors (Lipinski definition) is 3. The summed E-state index contributed by atoms with van der Waals surface area (Å²) >= 11 is 0. The van der Waals surface area contributed by atoms with Gasteiger partial charge in [0.25, 0.3) is 0 Å². The zero-order chi connectivity index (χ0) is 9.26. The van der Waals surface area contributed by atoms with Crippen LogP contribution >= 0.6 is 0 Å². The van der Waals surface area contributed by atoms with Gasteiger partial charge in [-0.3, -0.25) is 10.8 Å². The largest absolute Gasteiger partial charge is 0.506 e. The molecule has 66 valence electrons. The van der Waals surface area contributed by atoms with Gasteiger partial charge < -0.3 is 10.5 Å². The topological polar surface area (TPSA) is 71.2 Å². The molecule has 13 heavy (non-hydrogen) atoms. The molecule has 0 aliphatic carbocycles. The zero-order valence-electron chi connectivity index (χ0n) is 6.86. The van der Waals surface area contributed by atoms with Gasteiger partial charge in [0.05, 0.1) is 5.69 Å². The molecule has 0 amide bonds. The van der Waals surface area contributed by atoms with E-state index >= 15 is 0 Å². The van der Waals surface area contributed by atoms with Gasteiger partial charge in [-0.05, 0) is 24.3 Å². The summed E-state index contributed by atoms with van der Waals surface area (Å²) in [5.74, 6) is 5.47. The molecular weight excluding hydrogens is 166 g/mol. The van der Waals surface area contributed by atoms with Crippen LogP contribution in [0.2, 0.25) is 0 Å². The van der Waals surface area contributed by atoms with E-state index in [-0.39, 0.29) is 5.75 Å². The number of benzene rings is 1. The number of phenols is 1. The van der Waals surface area contributed by atoms with Crippen LogP contribution in [0.4, 0.5) is 5.69 Å². The lowest BCUT2D eigenvalue weighted by Gasteiger charge is -2.05. The number of nitrogens with zero attached hydrogens (tertiary/aromatic N) is 1. The van der Waals surface area contributed by atoms with E-state index in [1.165, 1.54) is 0 Å². The summed E-state index contributed by atoms with van der Waals surface area (Å²) in [6, 6.07) is 6.91. The van der Waals surface area contributed by atoms with Crippen molar-refractivity contribution < 1.29 is 5.11 Å². The van der Waals surface area contributed by atoms with Crippen LogP contribution in [-0.4, -0.2) is 10.1 Å². The molecule has 0 aliphatic rings. The highest BCUT2D eigenvalue weighted by Crippen LogP contribution is 2.27. The Hall–Kier alpha value is -1.81. The Morgan fingerprint density at radius 2 is 2.15 bits per heavy atom. The van der Waals surface area contributed by atoms with Gasteiger partial charge in [-0.25, -0.2) is 0 Å². The maximum atomic E-state index is 9.46. The van der Waals surface area contributed by atoms with Crippen LogP contribution in [-0.2, 0) is 0 Å². The van der Waals surface area contributed by atoms with Gasteiger partial charge in [0, 0.05) is 11.6 Å². The molecule has 0 atom stereocenters. The number of aromatic nitrogens is 1. The number of anilines is 1. The second-order valence-corrected chi connectivity index (χ2v) is 2.68. The number of nitrogen functional groups attached to an aromatic ring is 1. The van der Waals surface area contributed by atoms with E-state index in [0.29, 0.717) is 5.52 Å². The number of rotatable bonds is 1. The van der Waals surface area contributed by atoms with E-state index < -0.39 is 0 Å². The van der Waals surface area contributed by atoms with Crippen molar-refractivity contribution in [3.63, 3.8) is 0 Å². The van der Waals surface area contributed by atoms with E-state index in [0.717, 1.165) is 11.1 Å². The quantitative estimate of drug-likeness (QED) is 0.346. The second-order valence-electron chi connectivity index (χ2n) is 2.68. The number of nitrogens with one attached hydrogen (secondary N) is 1. The molecular formula is C9H9N3O. The van der Waals surface area contributed by atoms with Crippen molar-refractivity contribution in [3.8, 4) is 5.75 Å². The summed E-state index contributed by atoms with van der Waals surface area (Å²) < 4.78 is 0. The molecule has 0 spiro atoms. The minimum absolute atomic E-state index is 0.162. The molecule has 0 aliphatic heterocycles. The summed E-state index contributed by atoms with van der Waals surface area (Å²) in [4.78, 5) is 4.04. The Morgan fingerprint density at radius 3 is 2.92 bits per heavy atom. The molecule has 2 rings (SSSR count). The van der Waals surface area contributed by atoms with E-state index in [9.17, 15) is 5.11 Å². The smallest absolute Gasteiger partial charge is 0.141 e. The lowest BCUT2D eigenvalue weighted by atomic mass is 10.2. The van der Waals surface area contributed by atoms with Crippen LogP contribution in [0.1, 0.15) is 0 Å². The third-order valence-corrected chi connectivity index (χ3v) is 1.90. The van der Waals surface area contributed by atoms with Crippen molar-refractivity contribution >= 4 is 16.6 Å². The number of hydrogen-bond acceptors (Lipinski definition) is 4. The summed E-state index contributed by atoms with van der Waals surface area (Å²) in [7, 11) is 0. The Morgan fingerprint density at radius 1 is 1.31 bits per heavy atom. The Kier molecular flexibility index (Phi) is 1.75.